The monoisotopic (exact) mass is 541 g/mol. The summed E-state index contributed by atoms with van der Waals surface area (Å²) in [6.07, 6.45) is -0.0544. The highest BCUT2D eigenvalue weighted by Crippen LogP contribution is 2.46. The van der Waals surface area contributed by atoms with Crippen molar-refractivity contribution in [3.05, 3.63) is 61.1 Å². The summed E-state index contributed by atoms with van der Waals surface area (Å²) >= 11 is 6.36. The molecule has 0 radical (unpaired) electrons. The second kappa shape index (κ2) is 8.59. The number of halogens is 2. The van der Waals surface area contributed by atoms with Crippen LogP contribution < -0.4 is 10.9 Å². The van der Waals surface area contributed by atoms with E-state index in [4.69, 9.17) is 21.3 Å². The number of carbonyl (C=O) groups excluding carboxylic acids is 2. The predicted molar refractivity (Wildman–Crippen MR) is 135 cm³/mol. The Bertz CT molecular complexity index is 1630. The minimum atomic E-state index is -1.97. The van der Waals surface area contributed by atoms with E-state index in [1.54, 1.807) is 13.0 Å². The van der Waals surface area contributed by atoms with Crippen molar-refractivity contribution in [2.75, 3.05) is 0 Å². The number of aliphatic hydroxyl groups excluding tert-OH is 1. The molecule has 0 saturated carbocycles. The molecule has 38 heavy (non-hydrogen) atoms. The van der Waals surface area contributed by atoms with E-state index in [9.17, 15) is 29.0 Å². The number of rotatable bonds is 4. The fourth-order valence-corrected chi connectivity index (χ4v) is 6.26. The molecule has 0 spiro atoms. The Morgan fingerprint density at radius 1 is 1.34 bits per heavy atom. The molecule has 3 N–H and O–H groups in total. The molecular formula is C27H25ClFN3O6. The number of nitrogens with one attached hydrogen (secondary N) is 1. The number of benzene rings is 1. The van der Waals surface area contributed by atoms with Gasteiger partial charge in [0.1, 0.15) is 12.4 Å². The third-order valence-electron chi connectivity index (χ3n) is 7.86. The number of nitrogens with zero attached hydrogens (tertiary/aromatic N) is 2. The van der Waals surface area contributed by atoms with E-state index in [0.717, 1.165) is 0 Å². The number of pyridine rings is 2. The Morgan fingerprint density at radius 3 is 2.82 bits per heavy atom. The first-order valence-corrected chi connectivity index (χ1v) is 12.9. The summed E-state index contributed by atoms with van der Waals surface area (Å²) in [6.45, 7) is 3.03. The number of fused-ring (bicyclic) bond motifs is 5. The van der Waals surface area contributed by atoms with Gasteiger partial charge in [-0.1, -0.05) is 18.5 Å². The highest BCUT2D eigenvalue weighted by Gasteiger charge is 2.46. The first-order valence-electron chi connectivity index (χ1n) is 12.5. The summed E-state index contributed by atoms with van der Waals surface area (Å²) in [5.41, 5.74) is 1.09. The topological polar surface area (TPSA) is 131 Å². The lowest BCUT2D eigenvalue weighted by Crippen LogP contribution is -2.44. The number of cyclic esters (lactones) is 1. The Kier molecular flexibility index (Phi) is 5.64. The van der Waals surface area contributed by atoms with Gasteiger partial charge in [-0.15, -0.1) is 0 Å². The fraction of sp³-hybridized carbons (Fsp3) is 0.407. The molecule has 1 aromatic carbocycles. The zero-order valence-electron chi connectivity index (χ0n) is 20.7. The maximum Gasteiger partial charge on any atom is 0.343 e. The van der Waals surface area contributed by atoms with Gasteiger partial charge in [-0.25, -0.2) is 14.2 Å². The SMILES string of the molecule is CC[C@@]1(O)C(=O)OCc2c1cc1n(c2=O)Cc2c-1nc1cc(F)c(Cl)c3c1c2C(NC(=O)C[C@H](C)O)CC3. The van der Waals surface area contributed by atoms with Gasteiger partial charge in [-0.05, 0) is 43.4 Å². The van der Waals surface area contributed by atoms with Crippen molar-refractivity contribution >= 4 is 34.4 Å². The predicted octanol–water partition coefficient (Wildman–Crippen LogP) is 2.75. The Balaban J connectivity index is 1.61. The molecule has 3 atom stereocenters. The van der Waals surface area contributed by atoms with Crippen LogP contribution in [-0.4, -0.2) is 37.7 Å². The van der Waals surface area contributed by atoms with Gasteiger partial charge < -0.3 is 24.8 Å². The van der Waals surface area contributed by atoms with Crippen LogP contribution in [0, 0.1) is 5.82 Å². The summed E-state index contributed by atoms with van der Waals surface area (Å²) in [5, 5.41) is 24.4. The number of esters is 1. The molecule has 0 saturated heterocycles. The molecule has 1 unspecified atom stereocenters. The zero-order valence-corrected chi connectivity index (χ0v) is 21.5. The van der Waals surface area contributed by atoms with Gasteiger partial charge in [0.25, 0.3) is 5.56 Å². The number of aromatic nitrogens is 2. The average Bonchev–Trinajstić information content (AvgIpc) is 3.24. The lowest BCUT2D eigenvalue weighted by molar-refractivity contribution is -0.172. The van der Waals surface area contributed by atoms with Gasteiger partial charge >= 0.3 is 5.97 Å². The van der Waals surface area contributed by atoms with E-state index in [-0.39, 0.29) is 48.0 Å². The third kappa shape index (κ3) is 3.43. The number of ether oxygens (including phenoxy) is 1. The summed E-state index contributed by atoms with van der Waals surface area (Å²) in [6, 6.07) is 2.35. The van der Waals surface area contributed by atoms with Crippen LogP contribution in [0.15, 0.2) is 16.9 Å². The van der Waals surface area contributed by atoms with Crippen LogP contribution in [0.25, 0.3) is 22.3 Å². The smallest absolute Gasteiger partial charge is 0.343 e. The van der Waals surface area contributed by atoms with Crippen LogP contribution in [0.5, 0.6) is 0 Å². The maximum absolute atomic E-state index is 14.8. The second-order valence-corrected chi connectivity index (χ2v) is 10.6. The normalized spacial score (nSPS) is 21.9. The molecule has 4 heterocycles. The molecule has 3 aromatic rings. The molecule has 0 fully saturated rings. The molecule has 1 amide bonds. The quantitative estimate of drug-likeness (QED) is 0.339. The first-order chi connectivity index (χ1) is 18.0. The van der Waals surface area contributed by atoms with Crippen molar-refractivity contribution in [1.82, 2.24) is 14.9 Å². The lowest BCUT2D eigenvalue weighted by Gasteiger charge is -2.31. The van der Waals surface area contributed by atoms with Gasteiger partial charge in [0.15, 0.2) is 5.60 Å². The zero-order chi connectivity index (χ0) is 27.1. The van der Waals surface area contributed by atoms with Crippen LogP contribution in [0.4, 0.5) is 4.39 Å². The van der Waals surface area contributed by atoms with Crippen LogP contribution in [0.3, 0.4) is 0 Å². The van der Waals surface area contributed by atoms with Crippen LogP contribution >= 0.6 is 11.6 Å². The Morgan fingerprint density at radius 2 is 2.11 bits per heavy atom. The summed E-state index contributed by atoms with van der Waals surface area (Å²) < 4.78 is 21.5. The van der Waals surface area contributed by atoms with Crippen LogP contribution in [0.1, 0.15) is 67.0 Å². The number of aliphatic hydroxyl groups is 2. The molecule has 1 aliphatic carbocycles. The molecular weight excluding hydrogens is 517 g/mol. The molecule has 0 bridgehead atoms. The third-order valence-corrected chi connectivity index (χ3v) is 8.27. The largest absolute Gasteiger partial charge is 0.458 e. The molecule has 198 valence electrons. The van der Waals surface area contributed by atoms with E-state index < -0.39 is 35.1 Å². The summed E-state index contributed by atoms with van der Waals surface area (Å²) in [7, 11) is 0. The van der Waals surface area contributed by atoms with Crippen LogP contribution in [-0.2, 0) is 39.5 Å². The second-order valence-electron chi connectivity index (χ2n) is 10.2. The minimum absolute atomic E-state index is 0.000991. The number of aryl methyl sites for hydroxylation is 1. The standard InChI is InChI=1S/C27H25ClFN3O6/c1-3-27(37)15-7-19-24-13(9-32(19)25(35)14(15)10-38-26(27)36)22-17(30-20(34)6-11(2)33)5-4-12-21(22)18(31-24)8-16(29)23(12)28/h7-8,11,17,33,37H,3-6,9-10H2,1-2H3,(H,30,34)/t11-,17?,27-/m0/s1. The molecule has 2 aromatic heterocycles. The molecule has 9 nitrogen and oxygen atoms in total. The number of carbonyl (C=O) groups is 2. The lowest BCUT2D eigenvalue weighted by atomic mass is 9.83. The van der Waals surface area contributed by atoms with Crippen molar-refractivity contribution in [3.8, 4) is 11.4 Å². The summed E-state index contributed by atoms with van der Waals surface area (Å²) in [4.78, 5) is 43.5. The Labute approximate surface area is 221 Å². The van der Waals surface area contributed by atoms with Crippen molar-refractivity contribution in [1.29, 1.82) is 0 Å². The van der Waals surface area contributed by atoms with Crippen LogP contribution in [0.2, 0.25) is 5.02 Å². The van der Waals surface area contributed by atoms with E-state index in [1.165, 1.54) is 17.6 Å². The molecule has 3 aliphatic rings. The highest BCUT2D eigenvalue weighted by molar-refractivity contribution is 6.32. The molecule has 11 heteroatoms. The van der Waals surface area contributed by atoms with E-state index in [0.29, 0.717) is 51.8 Å². The van der Waals surface area contributed by atoms with Gasteiger partial charge in [0.2, 0.25) is 5.91 Å². The van der Waals surface area contributed by atoms with Gasteiger partial charge in [-0.2, -0.15) is 0 Å². The van der Waals surface area contributed by atoms with E-state index in [2.05, 4.69) is 5.32 Å². The fourth-order valence-electron chi connectivity index (χ4n) is 6.02. The van der Waals surface area contributed by atoms with E-state index >= 15 is 0 Å². The van der Waals surface area contributed by atoms with Crippen molar-refractivity contribution in [2.24, 2.45) is 0 Å². The highest BCUT2D eigenvalue weighted by atomic mass is 35.5. The first kappa shape index (κ1) is 25.0. The molecule has 6 rings (SSSR count). The number of amides is 1. The van der Waals surface area contributed by atoms with Crippen molar-refractivity contribution < 1.29 is 28.9 Å². The van der Waals surface area contributed by atoms with Gasteiger partial charge in [-0.3, -0.25) is 9.59 Å². The Hall–Kier alpha value is -3.34. The van der Waals surface area contributed by atoms with Crippen molar-refractivity contribution in [3.63, 3.8) is 0 Å². The summed E-state index contributed by atoms with van der Waals surface area (Å²) in [5.74, 6) is -1.78. The number of hydrogen-bond donors (Lipinski definition) is 3. The van der Waals surface area contributed by atoms with Gasteiger partial charge in [0.05, 0.1) is 52.6 Å². The minimum Gasteiger partial charge on any atom is -0.458 e. The average molecular weight is 542 g/mol. The van der Waals surface area contributed by atoms with Crippen molar-refractivity contribution in [2.45, 2.75) is 70.4 Å². The maximum atomic E-state index is 14.8. The van der Waals surface area contributed by atoms with E-state index in [1.807, 2.05) is 0 Å². The number of hydrogen-bond acceptors (Lipinski definition) is 7. The molecule has 2 aliphatic heterocycles. The van der Waals surface area contributed by atoms with Gasteiger partial charge in [0, 0.05) is 22.6 Å².